The third-order valence-corrected chi connectivity index (χ3v) is 3.33. The second-order valence-corrected chi connectivity index (χ2v) is 5.38. The highest BCUT2D eigenvalue weighted by molar-refractivity contribution is 9.09. The van der Waals surface area contributed by atoms with Gasteiger partial charge in [-0.1, -0.05) is 28.1 Å². The fourth-order valence-electron chi connectivity index (χ4n) is 1.97. The number of benzene rings is 1. The zero-order valence-electron chi connectivity index (χ0n) is 10.3. The summed E-state index contributed by atoms with van der Waals surface area (Å²) < 4.78 is 39.9. The molecular weight excluding hydrogens is 323 g/mol. The molecule has 106 valence electrons. The topological polar surface area (TPSA) is 12.5 Å². The Kier molecular flexibility index (Phi) is 4.73. The van der Waals surface area contributed by atoms with Gasteiger partial charge in [0.1, 0.15) is 5.75 Å². The van der Waals surface area contributed by atoms with Crippen LogP contribution in [0.2, 0.25) is 0 Å². The first kappa shape index (κ1) is 14.7. The Morgan fingerprint density at radius 2 is 1.84 bits per heavy atom. The molecule has 0 aliphatic heterocycles. The van der Waals surface area contributed by atoms with E-state index in [1.165, 1.54) is 25.0 Å². The van der Waals surface area contributed by atoms with E-state index in [1.54, 1.807) is 12.1 Å². The van der Waals surface area contributed by atoms with Crippen molar-refractivity contribution in [3.63, 3.8) is 0 Å². The summed E-state index contributed by atoms with van der Waals surface area (Å²) in [4.78, 5) is 2.34. The molecule has 2 rings (SSSR count). The number of hydrogen-bond donors (Lipinski definition) is 0. The normalized spacial score (nSPS) is 15.8. The van der Waals surface area contributed by atoms with E-state index in [0.717, 1.165) is 24.0 Å². The molecule has 0 aromatic heterocycles. The summed E-state index contributed by atoms with van der Waals surface area (Å²) in [5.74, 6) is -0.172. The average Bonchev–Trinajstić information content (AvgIpc) is 3.13. The van der Waals surface area contributed by atoms with Gasteiger partial charge in [-0.2, -0.15) is 0 Å². The number of rotatable bonds is 6. The van der Waals surface area contributed by atoms with Crippen molar-refractivity contribution in [3.8, 4) is 5.75 Å². The van der Waals surface area contributed by atoms with Crippen molar-refractivity contribution >= 4 is 15.9 Å². The molecule has 0 heterocycles. The highest BCUT2D eigenvalue weighted by Crippen LogP contribution is 2.29. The summed E-state index contributed by atoms with van der Waals surface area (Å²) in [6, 6.07) is 6.73. The molecule has 1 aromatic rings. The second kappa shape index (κ2) is 6.13. The van der Waals surface area contributed by atoms with Crippen LogP contribution in [-0.2, 0) is 6.54 Å². The van der Waals surface area contributed by atoms with Crippen molar-refractivity contribution in [1.82, 2.24) is 4.90 Å². The second-order valence-electron chi connectivity index (χ2n) is 4.58. The number of hydrogen-bond acceptors (Lipinski definition) is 2. The summed E-state index contributed by atoms with van der Waals surface area (Å²) >= 11 is 3.42. The SMILES string of the molecule is FC(F)(F)Oc1ccc(CN(CCBr)C2CC2)cc1. The van der Waals surface area contributed by atoms with E-state index in [2.05, 4.69) is 25.6 Å². The van der Waals surface area contributed by atoms with Gasteiger partial charge in [0, 0.05) is 24.5 Å². The van der Waals surface area contributed by atoms with Gasteiger partial charge in [0.05, 0.1) is 0 Å². The van der Waals surface area contributed by atoms with Gasteiger partial charge in [0.15, 0.2) is 0 Å². The Hall–Kier alpha value is -0.750. The minimum atomic E-state index is -4.63. The van der Waals surface area contributed by atoms with Crippen LogP contribution in [0.5, 0.6) is 5.75 Å². The van der Waals surface area contributed by atoms with E-state index in [0.29, 0.717) is 6.04 Å². The fraction of sp³-hybridized carbons (Fsp3) is 0.538. The largest absolute Gasteiger partial charge is 0.573 e. The van der Waals surface area contributed by atoms with Crippen molar-refractivity contribution < 1.29 is 17.9 Å². The molecule has 1 saturated carbocycles. The monoisotopic (exact) mass is 337 g/mol. The maximum Gasteiger partial charge on any atom is 0.573 e. The lowest BCUT2D eigenvalue weighted by Crippen LogP contribution is -2.27. The van der Waals surface area contributed by atoms with Crippen molar-refractivity contribution in [3.05, 3.63) is 29.8 Å². The van der Waals surface area contributed by atoms with Crippen LogP contribution < -0.4 is 4.74 Å². The molecular formula is C13H15BrF3NO. The number of ether oxygens (including phenoxy) is 1. The zero-order chi connectivity index (χ0) is 13.9. The summed E-state index contributed by atoms with van der Waals surface area (Å²) in [6.45, 7) is 1.72. The van der Waals surface area contributed by atoms with Gasteiger partial charge in [-0.15, -0.1) is 13.2 Å². The molecule has 0 radical (unpaired) electrons. The van der Waals surface area contributed by atoms with Crippen LogP contribution in [0.1, 0.15) is 18.4 Å². The van der Waals surface area contributed by atoms with Gasteiger partial charge in [-0.05, 0) is 30.5 Å². The lowest BCUT2D eigenvalue weighted by Gasteiger charge is -2.21. The van der Waals surface area contributed by atoms with E-state index in [9.17, 15) is 13.2 Å². The minimum absolute atomic E-state index is 0.172. The third kappa shape index (κ3) is 5.03. The molecule has 0 N–H and O–H groups in total. The van der Waals surface area contributed by atoms with Crippen molar-refractivity contribution in [2.75, 3.05) is 11.9 Å². The highest BCUT2D eigenvalue weighted by atomic mass is 79.9. The first-order valence-electron chi connectivity index (χ1n) is 6.12. The number of alkyl halides is 4. The van der Waals surface area contributed by atoms with E-state index >= 15 is 0 Å². The quantitative estimate of drug-likeness (QED) is 0.729. The van der Waals surface area contributed by atoms with Gasteiger partial charge >= 0.3 is 6.36 Å². The minimum Gasteiger partial charge on any atom is -0.406 e. The molecule has 0 spiro atoms. The summed E-state index contributed by atoms with van der Waals surface area (Å²) in [7, 11) is 0. The molecule has 19 heavy (non-hydrogen) atoms. The maximum absolute atomic E-state index is 12.0. The van der Waals surface area contributed by atoms with Crippen LogP contribution in [0.25, 0.3) is 0 Å². The van der Waals surface area contributed by atoms with Crippen molar-refractivity contribution in [2.45, 2.75) is 31.8 Å². The lowest BCUT2D eigenvalue weighted by atomic mass is 10.2. The van der Waals surface area contributed by atoms with Crippen LogP contribution in [-0.4, -0.2) is 29.2 Å². The smallest absolute Gasteiger partial charge is 0.406 e. The third-order valence-electron chi connectivity index (χ3n) is 2.98. The predicted octanol–water partition coefficient (Wildman–Crippen LogP) is 3.94. The Morgan fingerprint density at radius 3 is 2.32 bits per heavy atom. The average molecular weight is 338 g/mol. The first-order valence-corrected chi connectivity index (χ1v) is 7.25. The van der Waals surface area contributed by atoms with E-state index in [4.69, 9.17) is 0 Å². The number of nitrogens with zero attached hydrogens (tertiary/aromatic N) is 1. The first-order chi connectivity index (χ1) is 8.98. The molecule has 2 nitrogen and oxygen atoms in total. The van der Waals surface area contributed by atoms with Gasteiger partial charge in [0.25, 0.3) is 0 Å². The van der Waals surface area contributed by atoms with Crippen LogP contribution in [0.4, 0.5) is 13.2 Å². The fourth-order valence-corrected chi connectivity index (χ4v) is 2.43. The molecule has 6 heteroatoms. The van der Waals surface area contributed by atoms with Crippen LogP contribution in [0.3, 0.4) is 0 Å². The van der Waals surface area contributed by atoms with Crippen LogP contribution >= 0.6 is 15.9 Å². The molecule has 0 unspecified atom stereocenters. The Bertz CT molecular complexity index is 403. The Morgan fingerprint density at radius 1 is 1.21 bits per heavy atom. The zero-order valence-corrected chi connectivity index (χ0v) is 11.9. The Balaban J connectivity index is 1.93. The lowest BCUT2D eigenvalue weighted by molar-refractivity contribution is -0.274. The van der Waals surface area contributed by atoms with Gasteiger partial charge in [-0.3, -0.25) is 4.90 Å². The van der Waals surface area contributed by atoms with Crippen LogP contribution in [0.15, 0.2) is 24.3 Å². The molecule has 1 aliphatic carbocycles. The van der Waals surface area contributed by atoms with Gasteiger partial charge < -0.3 is 4.74 Å². The molecule has 1 aromatic carbocycles. The molecule has 0 saturated heterocycles. The summed E-state index contributed by atoms with van der Waals surface area (Å²) in [6.07, 6.45) is -2.21. The molecule has 1 aliphatic rings. The van der Waals surface area contributed by atoms with Crippen LogP contribution in [0, 0.1) is 0 Å². The standard InChI is InChI=1S/C13H15BrF3NO/c14-7-8-18(11-3-4-11)9-10-1-5-12(6-2-10)19-13(15,16)17/h1-2,5-6,11H,3-4,7-9H2. The highest BCUT2D eigenvalue weighted by Gasteiger charge is 2.31. The summed E-state index contributed by atoms with van der Waals surface area (Å²) in [5.41, 5.74) is 1.00. The molecule has 0 bridgehead atoms. The van der Waals surface area contributed by atoms with E-state index in [-0.39, 0.29) is 5.75 Å². The van der Waals surface area contributed by atoms with Crippen molar-refractivity contribution in [1.29, 1.82) is 0 Å². The van der Waals surface area contributed by atoms with Crippen molar-refractivity contribution in [2.24, 2.45) is 0 Å². The van der Waals surface area contributed by atoms with Gasteiger partial charge in [0.2, 0.25) is 0 Å². The molecule has 1 fully saturated rings. The maximum atomic E-state index is 12.0. The summed E-state index contributed by atoms with van der Waals surface area (Å²) in [5, 5.41) is 0.902. The Labute approximate surface area is 118 Å². The molecule has 0 amide bonds. The number of halogens is 4. The van der Waals surface area contributed by atoms with Gasteiger partial charge in [-0.25, -0.2) is 0 Å². The predicted molar refractivity (Wildman–Crippen MR) is 70.4 cm³/mol. The van der Waals surface area contributed by atoms with E-state index in [1.807, 2.05) is 0 Å². The van der Waals surface area contributed by atoms with E-state index < -0.39 is 6.36 Å². The molecule has 0 atom stereocenters.